The fourth-order valence-electron chi connectivity index (χ4n) is 3.42. The Labute approximate surface area is 121 Å². The molecule has 0 aromatic rings. The zero-order valence-corrected chi connectivity index (χ0v) is 12.9. The molecule has 2 aliphatic carbocycles. The van der Waals surface area contributed by atoms with Crippen LogP contribution in [0.1, 0.15) is 57.8 Å². The zero-order chi connectivity index (χ0) is 13.7. The summed E-state index contributed by atoms with van der Waals surface area (Å²) in [6, 6.07) is 0.319. The Hall–Kier alpha value is -0.220. The van der Waals surface area contributed by atoms with Gasteiger partial charge in [-0.25, -0.2) is 0 Å². The van der Waals surface area contributed by atoms with Gasteiger partial charge in [0.25, 0.3) is 0 Å². The predicted molar refractivity (Wildman–Crippen MR) is 82.3 cm³/mol. The van der Waals surface area contributed by atoms with Crippen LogP contribution < -0.4 is 11.1 Å². The van der Waals surface area contributed by atoms with Crippen LogP contribution in [0.15, 0.2) is 0 Å². The molecular weight excluding hydrogens is 256 g/mol. The number of hydrogen-bond acceptors (Lipinski definition) is 3. The van der Waals surface area contributed by atoms with Gasteiger partial charge in [0.2, 0.25) is 5.91 Å². The van der Waals surface area contributed by atoms with Crippen molar-refractivity contribution < 1.29 is 4.79 Å². The number of carbonyl (C=O) groups excluding carboxylic acids is 1. The Balaban J connectivity index is 1.78. The number of rotatable bonds is 4. The highest BCUT2D eigenvalue weighted by molar-refractivity contribution is 8.00. The van der Waals surface area contributed by atoms with Crippen molar-refractivity contribution in [2.45, 2.75) is 68.6 Å². The highest BCUT2D eigenvalue weighted by Crippen LogP contribution is 2.38. The third-order valence-electron chi connectivity index (χ3n) is 4.93. The number of hydrogen-bond donors (Lipinski definition) is 2. The van der Waals surface area contributed by atoms with Crippen molar-refractivity contribution in [1.29, 1.82) is 0 Å². The van der Waals surface area contributed by atoms with Crippen molar-refractivity contribution >= 4 is 17.7 Å². The molecule has 3 nitrogen and oxygen atoms in total. The van der Waals surface area contributed by atoms with E-state index in [0.717, 1.165) is 32.2 Å². The molecule has 110 valence electrons. The fraction of sp³-hybridized carbons (Fsp3) is 0.933. The standard InChI is InChI=1S/C15H28N2OS/c1-19-15(9-3-2-4-10-15)11-17-14(18)12-5-7-13(16)8-6-12/h12-13H,2-11,16H2,1H3,(H,17,18). The summed E-state index contributed by atoms with van der Waals surface area (Å²) in [6.45, 7) is 0.857. The summed E-state index contributed by atoms with van der Waals surface area (Å²) < 4.78 is 0.305. The molecule has 1 amide bonds. The number of nitrogens with two attached hydrogens (primary N) is 1. The molecular formula is C15H28N2OS. The van der Waals surface area contributed by atoms with Crippen LogP contribution in [0.25, 0.3) is 0 Å². The SMILES string of the molecule is CSC1(CNC(=O)C2CCC(N)CC2)CCCCC1. The Kier molecular flexibility index (Phi) is 5.58. The van der Waals surface area contributed by atoms with Crippen molar-refractivity contribution in [3.05, 3.63) is 0 Å². The molecule has 0 bridgehead atoms. The van der Waals surface area contributed by atoms with Gasteiger partial charge in [-0.1, -0.05) is 19.3 Å². The Bertz CT molecular complexity index is 295. The molecule has 0 radical (unpaired) electrons. The van der Waals surface area contributed by atoms with Crippen molar-refractivity contribution in [1.82, 2.24) is 5.32 Å². The third kappa shape index (κ3) is 4.12. The third-order valence-corrected chi connectivity index (χ3v) is 6.34. The number of carbonyl (C=O) groups is 1. The molecule has 19 heavy (non-hydrogen) atoms. The maximum absolute atomic E-state index is 12.2. The molecule has 4 heteroatoms. The Morgan fingerprint density at radius 2 is 1.84 bits per heavy atom. The number of amides is 1. The van der Waals surface area contributed by atoms with Gasteiger partial charge < -0.3 is 11.1 Å². The summed E-state index contributed by atoms with van der Waals surface area (Å²) in [4.78, 5) is 12.2. The molecule has 0 spiro atoms. The van der Waals surface area contributed by atoms with Crippen molar-refractivity contribution in [3.8, 4) is 0 Å². The van der Waals surface area contributed by atoms with Gasteiger partial charge in [-0.2, -0.15) is 11.8 Å². The van der Waals surface area contributed by atoms with E-state index in [9.17, 15) is 4.79 Å². The van der Waals surface area contributed by atoms with Crippen LogP contribution in [-0.2, 0) is 4.79 Å². The smallest absolute Gasteiger partial charge is 0.223 e. The van der Waals surface area contributed by atoms with E-state index in [1.54, 1.807) is 0 Å². The largest absolute Gasteiger partial charge is 0.354 e. The van der Waals surface area contributed by atoms with Gasteiger partial charge in [-0.05, 0) is 44.8 Å². The minimum Gasteiger partial charge on any atom is -0.354 e. The molecule has 2 aliphatic rings. The quantitative estimate of drug-likeness (QED) is 0.834. The van der Waals surface area contributed by atoms with Crippen molar-refractivity contribution in [2.24, 2.45) is 11.7 Å². The van der Waals surface area contributed by atoms with Crippen LogP contribution in [0, 0.1) is 5.92 Å². The molecule has 3 N–H and O–H groups in total. The Morgan fingerprint density at radius 3 is 2.42 bits per heavy atom. The summed E-state index contributed by atoms with van der Waals surface area (Å²) in [6.07, 6.45) is 12.6. The van der Waals surface area contributed by atoms with E-state index in [1.807, 2.05) is 11.8 Å². The lowest BCUT2D eigenvalue weighted by Gasteiger charge is -2.36. The molecule has 0 unspecified atom stereocenters. The summed E-state index contributed by atoms with van der Waals surface area (Å²) in [7, 11) is 0. The Morgan fingerprint density at radius 1 is 1.21 bits per heavy atom. The molecule has 0 aliphatic heterocycles. The first-order valence-corrected chi connectivity index (χ1v) is 8.96. The summed E-state index contributed by atoms with van der Waals surface area (Å²) in [5, 5.41) is 3.23. The molecule has 2 saturated carbocycles. The molecule has 0 aromatic carbocycles. The van der Waals surface area contributed by atoms with Gasteiger partial charge in [0.1, 0.15) is 0 Å². The molecule has 0 heterocycles. The van der Waals surface area contributed by atoms with Crippen LogP contribution in [0.3, 0.4) is 0 Å². The van der Waals surface area contributed by atoms with E-state index in [1.165, 1.54) is 32.1 Å². The van der Waals surface area contributed by atoms with E-state index in [4.69, 9.17) is 5.73 Å². The van der Waals surface area contributed by atoms with E-state index in [-0.39, 0.29) is 11.8 Å². The number of nitrogens with one attached hydrogen (secondary N) is 1. The maximum Gasteiger partial charge on any atom is 0.223 e. The van der Waals surface area contributed by atoms with Crippen LogP contribution in [-0.4, -0.2) is 29.5 Å². The van der Waals surface area contributed by atoms with Crippen LogP contribution in [0.4, 0.5) is 0 Å². The second-order valence-electron chi connectivity index (χ2n) is 6.28. The molecule has 0 saturated heterocycles. The summed E-state index contributed by atoms with van der Waals surface area (Å²) >= 11 is 1.95. The van der Waals surface area contributed by atoms with Crippen LogP contribution in [0.5, 0.6) is 0 Å². The minimum absolute atomic E-state index is 0.210. The second kappa shape index (κ2) is 6.98. The van der Waals surface area contributed by atoms with Gasteiger partial charge in [0, 0.05) is 23.3 Å². The monoisotopic (exact) mass is 284 g/mol. The van der Waals surface area contributed by atoms with Gasteiger partial charge in [-0.15, -0.1) is 0 Å². The van der Waals surface area contributed by atoms with Gasteiger partial charge in [0.15, 0.2) is 0 Å². The predicted octanol–water partition coefficient (Wildman–Crippen LogP) is 2.69. The summed E-state index contributed by atoms with van der Waals surface area (Å²) in [5.74, 6) is 0.480. The van der Waals surface area contributed by atoms with Gasteiger partial charge in [0.05, 0.1) is 0 Å². The van der Waals surface area contributed by atoms with E-state index in [2.05, 4.69) is 11.6 Å². The first-order valence-electron chi connectivity index (χ1n) is 7.74. The maximum atomic E-state index is 12.2. The van der Waals surface area contributed by atoms with Crippen molar-refractivity contribution in [3.63, 3.8) is 0 Å². The average molecular weight is 284 g/mol. The summed E-state index contributed by atoms with van der Waals surface area (Å²) in [5.41, 5.74) is 5.90. The molecule has 0 atom stereocenters. The second-order valence-corrected chi connectivity index (χ2v) is 7.55. The topological polar surface area (TPSA) is 55.1 Å². The average Bonchev–Trinajstić information content (AvgIpc) is 2.46. The minimum atomic E-state index is 0.210. The number of thioether (sulfide) groups is 1. The zero-order valence-electron chi connectivity index (χ0n) is 12.1. The van der Waals surface area contributed by atoms with E-state index in [0.29, 0.717) is 10.8 Å². The molecule has 2 fully saturated rings. The van der Waals surface area contributed by atoms with Gasteiger partial charge >= 0.3 is 0 Å². The van der Waals surface area contributed by atoms with E-state index < -0.39 is 0 Å². The lowest BCUT2D eigenvalue weighted by atomic mass is 9.85. The van der Waals surface area contributed by atoms with Crippen LogP contribution in [0.2, 0.25) is 0 Å². The lowest BCUT2D eigenvalue weighted by Crippen LogP contribution is -2.44. The fourth-order valence-corrected chi connectivity index (χ4v) is 4.34. The van der Waals surface area contributed by atoms with Crippen LogP contribution >= 0.6 is 11.8 Å². The van der Waals surface area contributed by atoms with Crippen molar-refractivity contribution in [2.75, 3.05) is 12.8 Å². The first kappa shape index (κ1) is 15.2. The highest BCUT2D eigenvalue weighted by Gasteiger charge is 2.32. The highest BCUT2D eigenvalue weighted by atomic mass is 32.2. The molecule has 0 aromatic heterocycles. The van der Waals surface area contributed by atoms with E-state index >= 15 is 0 Å². The molecule has 2 rings (SSSR count). The van der Waals surface area contributed by atoms with Gasteiger partial charge in [-0.3, -0.25) is 4.79 Å². The first-order chi connectivity index (χ1) is 9.15. The normalized spacial score (nSPS) is 30.8. The lowest BCUT2D eigenvalue weighted by molar-refractivity contribution is -0.126.